The van der Waals surface area contributed by atoms with Crippen molar-refractivity contribution in [3.8, 4) is 5.69 Å². The number of nitrogens with one attached hydrogen (secondary N) is 1. The Hall–Kier alpha value is -2.96. The molecule has 7 heteroatoms. The summed E-state index contributed by atoms with van der Waals surface area (Å²) >= 11 is 0. The second kappa shape index (κ2) is 6.27. The van der Waals surface area contributed by atoms with Crippen molar-refractivity contribution in [1.82, 2.24) is 29.9 Å². The molecule has 1 aromatic carbocycles. The Balaban J connectivity index is 1.28. The minimum absolute atomic E-state index is 0.0197. The van der Waals surface area contributed by atoms with Gasteiger partial charge in [-0.2, -0.15) is 15.0 Å². The summed E-state index contributed by atoms with van der Waals surface area (Å²) in [5.41, 5.74) is 1.78. The van der Waals surface area contributed by atoms with Crippen molar-refractivity contribution in [2.24, 2.45) is 5.92 Å². The molecule has 0 aliphatic carbocycles. The summed E-state index contributed by atoms with van der Waals surface area (Å²) in [6.45, 7) is 1.27. The number of amides is 1. The minimum Gasteiger partial charge on any atom is -0.355 e. The number of nitrogens with zero attached hydrogens (tertiary/aromatic N) is 5. The van der Waals surface area contributed by atoms with Gasteiger partial charge < -0.3 is 9.88 Å². The van der Waals surface area contributed by atoms with Gasteiger partial charge in [-0.05, 0) is 12.1 Å². The fraction of sp³-hybridized carbons (Fsp3) is 0.294. The molecule has 0 saturated heterocycles. The number of fused-ring (bicyclic) bond motifs is 1. The van der Waals surface area contributed by atoms with E-state index >= 15 is 0 Å². The lowest BCUT2D eigenvalue weighted by Gasteiger charge is -2.09. The first kappa shape index (κ1) is 14.6. The van der Waals surface area contributed by atoms with Crippen LogP contribution in [0.25, 0.3) is 5.69 Å². The third-order valence-electron chi connectivity index (χ3n) is 4.23. The number of rotatable bonds is 5. The lowest BCUT2D eigenvalue weighted by atomic mass is 10.1. The number of imidazole rings is 1. The fourth-order valence-corrected chi connectivity index (χ4v) is 2.95. The summed E-state index contributed by atoms with van der Waals surface area (Å²) in [6, 6.07) is 9.76. The van der Waals surface area contributed by atoms with Gasteiger partial charge in [-0.25, -0.2) is 4.98 Å². The van der Waals surface area contributed by atoms with Crippen molar-refractivity contribution < 1.29 is 4.79 Å². The molecule has 0 bridgehead atoms. The lowest BCUT2D eigenvalue weighted by molar-refractivity contribution is -0.124. The van der Waals surface area contributed by atoms with Crippen molar-refractivity contribution in [1.29, 1.82) is 0 Å². The molecule has 1 aliphatic rings. The number of para-hydroxylation sites is 1. The molecule has 0 fully saturated rings. The van der Waals surface area contributed by atoms with Crippen molar-refractivity contribution in [2.45, 2.75) is 19.4 Å². The SMILES string of the molecule is O=C(NCCc1cnn(-c2ccccc2)n1)C1Cc2nccn2C1. The van der Waals surface area contributed by atoms with Crippen LogP contribution in [0.2, 0.25) is 0 Å². The van der Waals surface area contributed by atoms with E-state index in [9.17, 15) is 4.79 Å². The van der Waals surface area contributed by atoms with E-state index in [1.54, 1.807) is 17.2 Å². The van der Waals surface area contributed by atoms with E-state index in [2.05, 4.69) is 20.5 Å². The van der Waals surface area contributed by atoms with Gasteiger partial charge in [-0.1, -0.05) is 18.2 Å². The molecule has 0 saturated carbocycles. The highest BCUT2D eigenvalue weighted by Gasteiger charge is 2.27. The Kier molecular flexibility index (Phi) is 3.82. The Bertz CT molecular complexity index is 817. The summed E-state index contributed by atoms with van der Waals surface area (Å²) in [6.07, 6.45) is 6.81. The molecular weight excluding hydrogens is 304 g/mol. The predicted molar refractivity (Wildman–Crippen MR) is 87.5 cm³/mol. The molecule has 24 heavy (non-hydrogen) atoms. The maximum atomic E-state index is 12.2. The lowest BCUT2D eigenvalue weighted by Crippen LogP contribution is -2.33. The fourth-order valence-electron chi connectivity index (χ4n) is 2.95. The summed E-state index contributed by atoms with van der Waals surface area (Å²) in [7, 11) is 0. The third kappa shape index (κ3) is 2.92. The number of carbonyl (C=O) groups is 1. The molecule has 1 N–H and O–H groups in total. The largest absolute Gasteiger partial charge is 0.355 e. The van der Waals surface area contributed by atoms with Crippen LogP contribution in [0.1, 0.15) is 11.5 Å². The number of benzene rings is 1. The van der Waals surface area contributed by atoms with Gasteiger partial charge in [0.2, 0.25) is 5.91 Å². The van der Waals surface area contributed by atoms with Crippen LogP contribution in [0.4, 0.5) is 0 Å². The van der Waals surface area contributed by atoms with Gasteiger partial charge in [0.25, 0.3) is 0 Å². The summed E-state index contributed by atoms with van der Waals surface area (Å²) < 4.78 is 2.04. The smallest absolute Gasteiger partial charge is 0.225 e. The molecule has 4 rings (SSSR count). The van der Waals surface area contributed by atoms with Crippen molar-refractivity contribution in [3.63, 3.8) is 0 Å². The van der Waals surface area contributed by atoms with Gasteiger partial charge in [0.1, 0.15) is 5.82 Å². The molecular formula is C17H18N6O. The van der Waals surface area contributed by atoms with Crippen LogP contribution in [0.3, 0.4) is 0 Å². The van der Waals surface area contributed by atoms with Crippen molar-refractivity contribution >= 4 is 5.91 Å². The Morgan fingerprint density at radius 2 is 2.17 bits per heavy atom. The zero-order chi connectivity index (χ0) is 16.4. The molecule has 3 aromatic rings. The van der Waals surface area contributed by atoms with Crippen LogP contribution in [0.5, 0.6) is 0 Å². The quantitative estimate of drug-likeness (QED) is 0.760. The minimum atomic E-state index is -0.0197. The third-order valence-corrected chi connectivity index (χ3v) is 4.23. The normalized spacial score (nSPS) is 16.1. The summed E-state index contributed by atoms with van der Waals surface area (Å²) in [5.74, 6) is 1.05. The van der Waals surface area contributed by atoms with Gasteiger partial charge in [-0.15, -0.1) is 0 Å². The van der Waals surface area contributed by atoms with E-state index in [0.29, 0.717) is 25.9 Å². The zero-order valence-electron chi connectivity index (χ0n) is 13.2. The van der Waals surface area contributed by atoms with Gasteiger partial charge in [0, 0.05) is 38.3 Å². The topological polar surface area (TPSA) is 77.6 Å². The Morgan fingerprint density at radius 1 is 1.29 bits per heavy atom. The van der Waals surface area contributed by atoms with Crippen LogP contribution < -0.4 is 5.32 Å². The highest BCUT2D eigenvalue weighted by Crippen LogP contribution is 2.18. The first-order chi connectivity index (χ1) is 11.8. The number of hydrogen-bond donors (Lipinski definition) is 1. The first-order valence-electron chi connectivity index (χ1n) is 8.04. The average molecular weight is 322 g/mol. The number of aromatic nitrogens is 5. The van der Waals surface area contributed by atoms with E-state index in [1.165, 1.54) is 0 Å². The van der Waals surface area contributed by atoms with E-state index < -0.39 is 0 Å². The van der Waals surface area contributed by atoms with E-state index in [1.807, 2.05) is 41.1 Å². The number of hydrogen-bond acceptors (Lipinski definition) is 4. The van der Waals surface area contributed by atoms with Gasteiger partial charge in [0.05, 0.1) is 23.5 Å². The predicted octanol–water partition coefficient (Wildman–Crippen LogP) is 0.995. The standard InChI is InChI=1S/C17H18N6O/c24-17(13-10-16-18-8-9-22(16)12-13)19-7-6-14-11-20-23(21-14)15-4-2-1-3-5-15/h1-5,8-9,11,13H,6-7,10,12H2,(H,19,24). The maximum Gasteiger partial charge on any atom is 0.225 e. The molecule has 1 unspecified atom stereocenters. The molecule has 122 valence electrons. The molecule has 1 atom stereocenters. The zero-order valence-corrected chi connectivity index (χ0v) is 13.2. The molecule has 2 aromatic heterocycles. The molecule has 0 radical (unpaired) electrons. The van der Waals surface area contributed by atoms with Crippen molar-refractivity contribution in [2.75, 3.05) is 6.54 Å². The Morgan fingerprint density at radius 3 is 3.00 bits per heavy atom. The Labute approximate surface area is 139 Å². The second-order valence-electron chi connectivity index (χ2n) is 5.90. The first-order valence-corrected chi connectivity index (χ1v) is 8.04. The van der Waals surface area contributed by atoms with Crippen LogP contribution in [-0.4, -0.2) is 37.0 Å². The monoisotopic (exact) mass is 322 g/mol. The highest BCUT2D eigenvalue weighted by atomic mass is 16.1. The molecule has 3 heterocycles. The summed E-state index contributed by atoms with van der Waals surface area (Å²) in [4.78, 5) is 18.1. The maximum absolute atomic E-state index is 12.2. The van der Waals surface area contributed by atoms with Crippen LogP contribution >= 0.6 is 0 Å². The molecule has 1 amide bonds. The van der Waals surface area contributed by atoms with Gasteiger partial charge in [-0.3, -0.25) is 4.79 Å². The molecule has 0 spiro atoms. The van der Waals surface area contributed by atoms with E-state index in [-0.39, 0.29) is 11.8 Å². The van der Waals surface area contributed by atoms with E-state index in [0.717, 1.165) is 17.2 Å². The molecule has 7 nitrogen and oxygen atoms in total. The van der Waals surface area contributed by atoms with Crippen LogP contribution in [0, 0.1) is 5.92 Å². The van der Waals surface area contributed by atoms with Crippen molar-refractivity contribution in [3.05, 3.63) is 60.4 Å². The summed E-state index contributed by atoms with van der Waals surface area (Å²) in [5, 5.41) is 11.7. The second-order valence-corrected chi connectivity index (χ2v) is 5.90. The van der Waals surface area contributed by atoms with Crippen LogP contribution in [0.15, 0.2) is 48.9 Å². The number of carbonyl (C=O) groups excluding carboxylic acids is 1. The average Bonchev–Trinajstić information content (AvgIpc) is 3.31. The molecule has 1 aliphatic heterocycles. The van der Waals surface area contributed by atoms with E-state index in [4.69, 9.17) is 0 Å². The van der Waals surface area contributed by atoms with Gasteiger partial charge in [0.15, 0.2) is 0 Å². The van der Waals surface area contributed by atoms with Crippen LogP contribution in [-0.2, 0) is 24.2 Å². The van der Waals surface area contributed by atoms with Gasteiger partial charge >= 0.3 is 0 Å². The highest BCUT2D eigenvalue weighted by molar-refractivity contribution is 5.79.